The van der Waals surface area contributed by atoms with Gasteiger partial charge in [0.25, 0.3) is 0 Å². The van der Waals surface area contributed by atoms with Crippen molar-refractivity contribution in [3.63, 3.8) is 0 Å². The zero-order chi connectivity index (χ0) is 13.5. The summed E-state index contributed by atoms with van der Waals surface area (Å²) in [6, 6.07) is 8.50. The molecule has 2 aliphatic rings. The second kappa shape index (κ2) is 4.63. The maximum absolute atomic E-state index is 5.90. The van der Waals surface area contributed by atoms with Crippen molar-refractivity contribution in [2.75, 3.05) is 12.4 Å². The van der Waals surface area contributed by atoms with Crippen LogP contribution in [0.1, 0.15) is 19.3 Å². The van der Waals surface area contributed by atoms with Gasteiger partial charge in [-0.3, -0.25) is 0 Å². The van der Waals surface area contributed by atoms with E-state index in [4.69, 9.17) is 9.47 Å². The smallest absolute Gasteiger partial charge is 0.134 e. The second-order valence-corrected chi connectivity index (χ2v) is 5.61. The standard InChI is InChI=1S/C16H18N2O2/c1-19-11-3-2-10-6-7-17-16(13(10)8-11)18-14-9-12-4-5-15(14)20-12/h2-3,6-8,12,14-15H,4-5,9H2,1H3,(H,17,18). The average Bonchev–Trinajstić information content (AvgIpc) is 3.10. The van der Waals surface area contributed by atoms with Gasteiger partial charge in [-0.05, 0) is 42.8 Å². The number of nitrogens with zero attached hydrogens (tertiary/aromatic N) is 1. The van der Waals surface area contributed by atoms with Crippen LogP contribution in [-0.4, -0.2) is 30.3 Å². The van der Waals surface area contributed by atoms with Gasteiger partial charge in [-0.1, -0.05) is 6.07 Å². The highest BCUT2D eigenvalue weighted by Gasteiger charge is 2.40. The Bertz CT molecular complexity index is 643. The summed E-state index contributed by atoms with van der Waals surface area (Å²) < 4.78 is 11.2. The number of rotatable bonds is 3. The minimum Gasteiger partial charge on any atom is -0.497 e. The van der Waals surface area contributed by atoms with Crippen LogP contribution in [0.15, 0.2) is 30.5 Å². The molecule has 1 aromatic heterocycles. The predicted molar refractivity (Wildman–Crippen MR) is 78.2 cm³/mol. The summed E-state index contributed by atoms with van der Waals surface area (Å²) in [6.07, 6.45) is 6.11. The van der Waals surface area contributed by atoms with Crippen molar-refractivity contribution < 1.29 is 9.47 Å². The molecule has 104 valence electrons. The average molecular weight is 270 g/mol. The van der Waals surface area contributed by atoms with Crippen LogP contribution < -0.4 is 10.1 Å². The summed E-state index contributed by atoms with van der Waals surface area (Å²) in [5.41, 5.74) is 0. The third-order valence-electron chi connectivity index (χ3n) is 4.40. The highest BCUT2D eigenvalue weighted by molar-refractivity contribution is 5.92. The van der Waals surface area contributed by atoms with Gasteiger partial charge in [0.1, 0.15) is 11.6 Å². The summed E-state index contributed by atoms with van der Waals surface area (Å²) in [5, 5.41) is 5.85. The normalized spacial score (nSPS) is 27.9. The predicted octanol–water partition coefficient (Wildman–Crippen LogP) is 2.98. The monoisotopic (exact) mass is 270 g/mol. The molecule has 4 rings (SSSR count). The molecular weight excluding hydrogens is 252 g/mol. The van der Waals surface area contributed by atoms with Crippen molar-refractivity contribution in [2.45, 2.75) is 37.5 Å². The van der Waals surface area contributed by atoms with Gasteiger partial charge >= 0.3 is 0 Å². The quantitative estimate of drug-likeness (QED) is 0.931. The molecule has 20 heavy (non-hydrogen) atoms. The zero-order valence-electron chi connectivity index (χ0n) is 11.5. The third-order valence-corrected chi connectivity index (χ3v) is 4.40. The van der Waals surface area contributed by atoms with Gasteiger partial charge < -0.3 is 14.8 Å². The molecule has 0 aliphatic carbocycles. The van der Waals surface area contributed by atoms with Crippen molar-refractivity contribution in [3.05, 3.63) is 30.5 Å². The van der Waals surface area contributed by atoms with Crippen LogP contribution in [0, 0.1) is 0 Å². The Hall–Kier alpha value is -1.81. The van der Waals surface area contributed by atoms with Crippen LogP contribution in [0.2, 0.25) is 0 Å². The Balaban J connectivity index is 1.68. The van der Waals surface area contributed by atoms with E-state index in [0.717, 1.165) is 29.8 Å². The summed E-state index contributed by atoms with van der Waals surface area (Å²) in [6.45, 7) is 0. The van der Waals surface area contributed by atoms with Crippen molar-refractivity contribution in [1.29, 1.82) is 0 Å². The number of aromatic nitrogens is 1. The van der Waals surface area contributed by atoms with Crippen LogP contribution in [0.3, 0.4) is 0 Å². The number of ether oxygens (including phenoxy) is 2. The molecule has 2 aliphatic heterocycles. The molecule has 2 saturated heterocycles. The number of methoxy groups -OCH3 is 1. The minimum absolute atomic E-state index is 0.350. The maximum Gasteiger partial charge on any atom is 0.134 e. The molecule has 0 spiro atoms. The lowest BCUT2D eigenvalue weighted by molar-refractivity contribution is 0.102. The summed E-state index contributed by atoms with van der Waals surface area (Å²) >= 11 is 0. The Morgan fingerprint density at radius 1 is 1.30 bits per heavy atom. The third kappa shape index (κ3) is 1.91. The number of benzene rings is 1. The fourth-order valence-corrected chi connectivity index (χ4v) is 3.35. The van der Waals surface area contributed by atoms with E-state index < -0.39 is 0 Å². The number of anilines is 1. The first kappa shape index (κ1) is 12.0. The van der Waals surface area contributed by atoms with Crippen molar-refractivity contribution in [1.82, 2.24) is 4.98 Å². The summed E-state index contributed by atoms with van der Waals surface area (Å²) in [4.78, 5) is 4.51. The largest absolute Gasteiger partial charge is 0.497 e. The number of fused-ring (bicyclic) bond motifs is 3. The van der Waals surface area contributed by atoms with Gasteiger partial charge in [0.05, 0.1) is 25.4 Å². The topological polar surface area (TPSA) is 43.4 Å². The van der Waals surface area contributed by atoms with Crippen molar-refractivity contribution >= 4 is 16.6 Å². The lowest BCUT2D eigenvalue weighted by atomic mass is 9.95. The van der Waals surface area contributed by atoms with Gasteiger partial charge in [0, 0.05) is 11.6 Å². The van der Waals surface area contributed by atoms with E-state index in [1.54, 1.807) is 7.11 Å². The summed E-state index contributed by atoms with van der Waals surface area (Å²) in [5.74, 6) is 1.79. The van der Waals surface area contributed by atoms with Crippen LogP contribution in [0.4, 0.5) is 5.82 Å². The van der Waals surface area contributed by atoms with Crippen molar-refractivity contribution in [3.8, 4) is 5.75 Å². The highest BCUT2D eigenvalue weighted by atomic mass is 16.5. The molecule has 0 radical (unpaired) electrons. The van der Waals surface area contributed by atoms with E-state index in [9.17, 15) is 0 Å². The van der Waals surface area contributed by atoms with Gasteiger partial charge in [-0.25, -0.2) is 4.98 Å². The SMILES string of the molecule is COc1ccc2ccnc(NC3CC4CCC3O4)c2c1. The second-order valence-electron chi connectivity index (χ2n) is 5.61. The molecule has 4 nitrogen and oxygen atoms in total. The first-order valence-corrected chi connectivity index (χ1v) is 7.18. The lowest BCUT2D eigenvalue weighted by Gasteiger charge is -2.21. The fraction of sp³-hybridized carbons (Fsp3) is 0.438. The molecular formula is C16H18N2O2. The number of hydrogen-bond donors (Lipinski definition) is 1. The first-order valence-electron chi connectivity index (χ1n) is 7.18. The van der Waals surface area contributed by atoms with E-state index in [2.05, 4.69) is 16.4 Å². The molecule has 3 unspecified atom stereocenters. The Labute approximate surface area is 118 Å². The molecule has 2 bridgehead atoms. The molecule has 1 N–H and O–H groups in total. The minimum atomic E-state index is 0.350. The Kier molecular flexibility index (Phi) is 2.77. The molecule has 0 amide bonds. The van der Waals surface area contributed by atoms with E-state index >= 15 is 0 Å². The highest BCUT2D eigenvalue weighted by Crippen LogP contribution is 2.36. The number of nitrogens with one attached hydrogen (secondary N) is 1. The molecule has 3 heterocycles. The van der Waals surface area contributed by atoms with Gasteiger partial charge in [-0.2, -0.15) is 0 Å². The molecule has 0 saturated carbocycles. The lowest BCUT2D eigenvalue weighted by Crippen LogP contribution is -2.30. The first-order chi connectivity index (χ1) is 9.83. The molecule has 2 fully saturated rings. The van der Waals surface area contributed by atoms with Gasteiger partial charge in [-0.15, -0.1) is 0 Å². The van der Waals surface area contributed by atoms with E-state index in [1.807, 2.05) is 24.4 Å². The Morgan fingerprint density at radius 2 is 2.25 bits per heavy atom. The van der Waals surface area contributed by atoms with Crippen LogP contribution in [0.5, 0.6) is 5.75 Å². The van der Waals surface area contributed by atoms with Gasteiger partial charge in [0.15, 0.2) is 0 Å². The van der Waals surface area contributed by atoms with Crippen molar-refractivity contribution in [2.24, 2.45) is 0 Å². The van der Waals surface area contributed by atoms with E-state index in [0.29, 0.717) is 18.2 Å². The van der Waals surface area contributed by atoms with E-state index in [1.165, 1.54) is 11.8 Å². The molecule has 2 aromatic rings. The zero-order valence-corrected chi connectivity index (χ0v) is 11.5. The van der Waals surface area contributed by atoms with Crippen LogP contribution in [0.25, 0.3) is 10.8 Å². The molecule has 3 atom stereocenters. The maximum atomic E-state index is 5.90. The van der Waals surface area contributed by atoms with Gasteiger partial charge in [0.2, 0.25) is 0 Å². The van der Waals surface area contributed by atoms with Crippen LogP contribution in [-0.2, 0) is 4.74 Å². The molecule has 1 aromatic carbocycles. The van der Waals surface area contributed by atoms with Crippen LogP contribution >= 0.6 is 0 Å². The molecule has 4 heteroatoms. The number of pyridine rings is 1. The Morgan fingerprint density at radius 3 is 3.00 bits per heavy atom. The fourth-order valence-electron chi connectivity index (χ4n) is 3.35. The summed E-state index contributed by atoms with van der Waals surface area (Å²) in [7, 11) is 1.69. The number of hydrogen-bond acceptors (Lipinski definition) is 4. The van der Waals surface area contributed by atoms with E-state index in [-0.39, 0.29) is 0 Å².